The van der Waals surface area contributed by atoms with Crippen molar-refractivity contribution in [2.45, 2.75) is 26.2 Å². The first-order valence-electron chi connectivity index (χ1n) is 7.65. The molecule has 4 heteroatoms. The molecule has 120 valence electrons. The molecule has 2 aromatic carbocycles. The van der Waals surface area contributed by atoms with E-state index < -0.39 is 5.97 Å². The Bertz CT molecular complexity index is 709. The van der Waals surface area contributed by atoms with Crippen LogP contribution in [-0.2, 0) is 4.74 Å². The van der Waals surface area contributed by atoms with Gasteiger partial charge in [-0.05, 0) is 42.2 Å². The van der Waals surface area contributed by atoms with Gasteiger partial charge in [-0.25, -0.2) is 4.79 Å². The van der Waals surface area contributed by atoms with Crippen molar-refractivity contribution in [3.8, 4) is 0 Å². The smallest absolute Gasteiger partial charge is 0.337 e. The number of para-hydroxylation sites is 1. The number of methoxy groups -OCH3 is 1. The van der Waals surface area contributed by atoms with Crippen LogP contribution in [0.2, 0.25) is 0 Å². The third-order valence-electron chi connectivity index (χ3n) is 3.90. The number of nitrogens with one attached hydrogen (secondary N) is 1. The lowest BCUT2D eigenvalue weighted by atomic mass is 9.96. The van der Waals surface area contributed by atoms with E-state index in [-0.39, 0.29) is 5.91 Å². The summed E-state index contributed by atoms with van der Waals surface area (Å²) in [6.07, 6.45) is 0.991. The van der Waals surface area contributed by atoms with E-state index in [9.17, 15) is 9.59 Å². The Kier molecular flexibility index (Phi) is 5.52. The Labute approximate surface area is 136 Å². The van der Waals surface area contributed by atoms with Crippen LogP contribution >= 0.6 is 0 Å². The van der Waals surface area contributed by atoms with Gasteiger partial charge in [0.15, 0.2) is 0 Å². The van der Waals surface area contributed by atoms with Gasteiger partial charge in [0.1, 0.15) is 0 Å². The molecule has 0 radical (unpaired) electrons. The summed E-state index contributed by atoms with van der Waals surface area (Å²) < 4.78 is 4.68. The van der Waals surface area contributed by atoms with E-state index in [0.717, 1.165) is 17.7 Å². The van der Waals surface area contributed by atoms with E-state index in [1.807, 2.05) is 24.3 Å². The van der Waals surface area contributed by atoms with Crippen molar-refractivity contribution in [2.24, 2.45) is 0 Å². The van der Waals surface area contributed by atoms with Crippen LogP contribution in [0.3, 0.4) is 0 Å². The molecule has 0 bridgehead atoms. The predicted molar refractivity (Wildman–Crippen MR) is 90.9 cm³/mol. The van der Waals surface area contributed by atoms with Gasteiger partial charge < -0.3 is 10.1 Å². The Morgan fingerprint density at radius 3 is 2.48 bits per heavy atom. The van der Waals surface area contributed by atoms with E-state index >= 15 is 0 Å². The van der Waals surface area contributed by atoms with Gasteiger partial charge in [-0.3, -0.25) is 4.79 Å². The summed E-state index contributed by atoms with van der Waals surface area (Å²) in [7, 11) is 1.32. The Balaban J connectivity index is 2.25. The second-order valence-electron chi connectivity index (χ2n) is 5.42. The molecule has 0 fully saturated rings. The number of ether oxygens (including phenoxy) is 1. The molecule has 0 saturated heterocycles. The third kappa shape index (κ3) is 3.97. The summed E-state index contributed by atoms with van der Waals surface area (Å²) in [6, 6.07) is 14.3. The van der Waals surface area contributed by atoms with Gasteiger partial charge in [-0.2, -0.15) is 0 Å². The number of amides is 1. The fourth-order valence-corrected chi connectivity index (χ4v) is 2.36. The Morgan fingerprint density at radius 1 is 1.09 bits per heavy atom. The third-order valence-corrected chi connectivity index (χ3v) is 3.90. The minimum absolute atomic E-state index is 0.244. The molecule has 0 saturated carbocycles. The molecule has 23 heavy (non-hydrogen) atoms. The van der Waals surface area contributed by atoms with Gasteiger partial charge >= 0.3 is 5.97 Å². The van der Waals surface area contributed by atoms with Crippen LogP contribution in [0.5, 0.6) is 0 Å². The molecule has 2 aromatic rings. The predicted octanol–water partition coefficient (Wildman–Crippen LogP) is 4.24. The summed E-state index contributed by atoms with van der Waals surface area (Å²) in [5.41, 5.74) is 2.69. The number of hydrogen-bond donors (Lipinski definition) is 1. The van der Waals surface area contributed by atoms with Gasteiger partial charge in [-0.1, -0.05) is 38.1 Å². The van der Waals surface area contributed by atoms with Crippen LogP contribution in [0.4, 0.5) is 5.69 Å². The quantitative estimate of drug-likeness (QED) is 0.840. The van der Waals surface area contributed by atoms with Crippen molar-refractivity contribution in [3.63, 3.8) is 0 Å². The maximum Gasteiger partial charge on any atom is 0.337 e. The van der Waals surface area contributed by atoms with Crippen LogP contribution in [0.15, 0.2) is 48.5 Å². The number of hydrogen-bond acceptors (Lipinski definition) is 3. The fraction of sp³-hybridized carbons (Fsp3) is 0.263. The Hall–Kier alpha value is -2.62. The first-order valence-corrected chi connectivity index (χ1v) is 7.65. The van der Waals surface area contributed by atoms with Gasteiger partial charge in [-0.15, -0.1) is 0 Å². The molecule has 1 atom stereocenters. The number of carbonyl (C=O) groups excluding carboxylic acids is 2. The minimum Gasteiger partial charge on any atom is -0.465 e. The van der Waals surface area contributed by atoms with Crippen LogP contribution in [0, 0.1) is 0 Å². The summed E-state index contributed by atoms with van der Waals surface area (Å²) in [5.74, 6) is -0.348. The molecular formula is C19H21NO3. The highest BCUT2D eigenvalue weighted by atomic mass is 16.5. The summed E-state index contributed by atoms with van der Waals surface area (Å²) >= 11 is 0. The zero-order valence-electron chi connectivity index (χ0n) is 13.6. The Morgan fingerprint density at radius 2 is 1.78 bits per heavy atom. The van der Waals surface area contributed by atoms with Crippen LogP contribution in [0.1, 0.15) is 52.5 Å². The number of anilines is 1. The molecule has 0 spiro atoms. The van der Waals surface area contributed by atoms with Crippen molar-refractivity contribution in [2.75, 3.05) is 12.4 Å². The van der Waals surface area contributed by atoms with E-state index in [4.69, 9.17) is 0 Å². The van der Waals surface area contributed by atoms with E-state index in [0.29, 0.717) is 17.0 Å². The highest BCUT2D eigenvalue weighted by Crippen LogP contribution is 2.26. The van der Waals surface area contributed by atoms with Crippen LogP contribution in [0.25, 0.3) is 0 Å². The zero-order valence-corrected chi connectivity index (χ0v) is 13.6. The number of carbonyl (C=O) groups is 2. The molecule has 0 aliphatic rings. The molecule has 0 aliphatic heterocycles. The van der Waals surface area contributed by atoms with Crippen molar-refractivity contribution in [1.29, 1.82) is 0 Å². The maximum atomic E-state index is 12.5. The zero-order chi connectivity index (χ0) is 16.8. The van der Waals surface area contributed by atoms with Crippen LogP contribution in [-0.4, -0.2) is 19.0 Å². The molecule has 2 rings (SSSR count). The molecule has 1 N–H and O–H groups in total. The lowest BCUT2D eigenvalue weighted by molar-refractivity contribution is 0.0600. The average molecular weight is 311 g/mol. The molecule has 0 heterocycles. The molecule has 1 amide bonds. The first kappa shape index (κ1) is 16.7. The van der Waals surface area contributed by atoms with Crippen molar-refractivity contribution in [1.82, 2.24) is 0 Å². The summed E-state index contributed by atoms with van der Waals surface area (Å²) in [5, 5.41) is 2.94. The molecular weight excluding hydrogens is 290 g/mol. The summed E-state index contributed by atoms with van der Waals surface area (Å²) in [6.45, 7) is 4.24. The maximum absolute atomic E-state index is 12.5. The lowest BCUT2D eigenvalue weighted by Crippen LogP contribution is -2.15. The van der Waals surface area contributed by atoms with Crippen molar-refractivity contribution in [3.05, 3.63) is 65.2 Å². The molecule has 1 unspecified atom stereocenters. The topological polar surface area (TPSA) is 55.4 Å². The van der Waals surface area contributed by atoms with E-state index in [1.54, 1.807) is 18.2 Å². The normalized spacial score (nSPS) is 11.6. The number of rotatable bonds is 5. The average Bonchev–Trinajstić information content (AvgIpc) is 2.60. The van der Waals surface area contributed by atoms with Gasteiger partial charge in [0.2, 0.25) is 0 Å². The summed E-state index contributed by atoms with van der Waals surface area (Å²) in [4.78, 5) is 24.1. The van der Waals surface area contributed by atoms with Crippen molar-refractivity contribution < 1.29 is 14.3 Å². The largest absolute Gasteiger partial charge is 0.465 e. The van der Waals surface area contributed by atoms with Crippen LogP contribution < -0.4 is 5.32 Å². The van der Waals surface area contributed by atoms with E-state index in [1.165, 1.54) is 13.2 Å². The number of esters is 1. The molecule has 0 aliphatic carbocycles. The van der Waals surface area contributed by atoms with Crippen molar-refractivity contribution >= 4 is 17.6 Å². The molecule has 0 aromatic heterocycles. The second kappa shape index (κ2) is 7.58. The fourth-order valence-electron chi connectivity index (χ4n) is 2.36. The lowest BCUT2D eigenvalue weighted by Gasteiger charge is -2.15. The second-order valence-corrected chi connectivity index (χ2v) is 5.42. The van der Waals surface area contributed by atoms with Gasteiger partial charge in [0.25, 0.3) is 5.91 Å². The highest BCUT2D eigenvalue weighted by Gasteiger charge is 2.14. The minimum atomic E-state index is -0.459. The van der Waals surface area contributed by atoms with E-state index in [2.05, 4.69) is 23.9 Å². The highest BCUT2D eigenvalue weighted by molar-refractivity contribution is 6.06. The number of benzene rings is 2. The molecule has 4 nitrogen and oxygen atoms in total. The first-order chi connectivity index (χ1) is 11.1. The van der Waals surface area contributed by atoms with Gasteiger partial charge in [0, 0.05) is 11.3 Å². The standard InChI is InChI=1S/C19H21NO3/c1-4-13(2)16-10-5-6-11-17(16)20-18(21)14-8-7-9-15(12-14)19(22)23-3/h5-13H,4H2,1-3H3,(H,20,21). The monoisotopic (exact) mass is 311 g/mol. The van der Waals surface area contributed by atoms with Gasteiger partial charge in [0.05, 0.1) is 12.7 Å². The SMILES string of the molecule is CCC(C)c1ccccc1NC(=O)c1cccc(C(=O)OC)c1.